The van der Waals surface area contributed by atoms with Crippen LogP contribution in [0.25, 0.3) is 0 Å². The molecule has 0 aliphatic rings. The number of rotatable bonds is 5. The lowest BCUT2D eigenvalue weighted by Gasteiger charge is -2.21. The van der Waals surface area contributed by atoms with Gasteiger partial charge in [0.1, 0.15) is 35.2 Å². The zero-order chi connectivity index (χ0) is 21.0. The van der Waals surface area contributed by atoms with Crippen LogP contribution in [0.1, 0.15) is 33.2 Å². The van der Waals surface area contributed by atoms with E-state index in [9.17, 15) is 13.6 Å². The van der Waals surface area contributed by atoms with E-state index in [1.54, 1.807) is 24.3 Å². The molecular formula is C21H14ClF2N3O2. The smallest absolute Gasteiger partial charge is 0.252 e. The summed E-state index contributed by atoms with van der Waals surface area (Å²) < 4.78 is 33.3. The molecule has 29 heavy (non-hydrogen) atoms. The largest absolute Gasteiger partial charge is 0.495 e. The van der Waals surface area contributed by atoms with Gasteiger partial charge in [0, 0.05) is 11.8 Å². The molecule has 1 N–H and O–H groups in total. The van der Waals surface area contributed by atoms with Crippen molar-refractivity contribution in [2.45, 2.75) is 6.04 Å². The van der Waals surface area contributed by atoms with Gasteiger partial charge in [0.2, 0.25) is 0 Å². The van der Waals surface area contributed by atoms with Crippen LogP contribution in [0.3, 0.4) is 0 Å². The fourth-order valence-corrected chi connectivity index (χ4v) is 2.87. The highest BCUT2D eigenvalue weighted by atomic mass is 35.5. The molecule has 0 aliphatic heterocycles. The van der Waals surface area contributed by atoms with Gasteiger partial charge in [-0.2, -0.15) is 5.26 Å². The molecule has 8 heteroatoms. The Morgan fingerprint density at radius 3 is 2.66 bits per heavy atom. The summed E-state index contributed by atoms with van der Waals surface area (Å²) in [7, 11) is 1.44. The van der Waals surface area contributed by atoms with E-state index >= 15 is 0 Å². The van der Waals surface area contributed by atoms with Gasteiger partial charge in [0.05, 0.1) is 17.7 Å². The third-order valence-electron chi connectivity index (χ3n) is 4.20. The van der Waals surface area contributed by atoms with Crippen molar-refractivity contribution in [2.24, 2.45) is 0 Å². The Morgan fingerprint density at radius 2 is 2.00 bits per heavy atom. The SMILES string of the molecule is COc1cccnc1[C@@H](NC(=O)c1ccc(C#N)c(F)c1)c1ccc(Cl)c(F)c1. The number of carbonyl (C=O) groups is 1. The molecule has 5 nitrogen and oxygen atoms in total. The number of nitrogens with zero attached hydrogens (tertiary/aromatic N) is 2. The third-order valence-corrected chi connectivity index (χ3v) is 4.50. The van der Waals surface area contributed by atoms with Crippen LogP contribution in [0, 0.1) is 23.0 Å². The van der Waals surface area contributed by atoms with Crippen LogP contribution in [-0.2, 0) is 0 Å². The Morgan fingerprint density at radius 1 is 1.21 bits per heavy atom. The molecule has 0 radical (unpaired) electrons. The zero-order valence-corrected chi connectivity index (χ0v) is 15.9. The van der Waals surface area contributed by atoms with Crippen molar-refractivity contribution in [2.75, 3.05) is 7.11 Å². The third kappa shape index (κ3) is 4.33. The van der Waals surface area contributed by atoms with E-state index in [1.807, 2.05) is 0 Å². The van der Waals surface area contributed by atoms with Gasteiger partial charge < -0.3 is 10.1 Å². The van der Waals surface area contributed by atoms with Gasteiger partial charge in [0.25, 0.3) is 5.91 Å². The maximum atomic E-state index is 14.1. The van der Waals surface area contributed by atoms with Crippen molar-refractivity contribution in [1.29, 1.82) is 5.26 Å². The standard InChI is InChI=1S/C21H14ClF2N3O2/c1-29-18-3-2-8-26-20(18)19(12-6-7-15(22)17(24)9-12)27-21(28)13-4-5-14(11-25)16(23)10-13/h2-10,19H,1H3,(H,27,28)/t19-/m0/s1. The van der Waals surface area contributed by atoms with Gasteiger partial charge in [-0.3, -0.25) is 9.78 Å². The summed E-state index contributed by atoms with van der Waals surface area (Å²) in [6.07, 6.45) is 1.50. The Bertz CT molecular complexity index is 1120. The number of halogens is 3. The second-order valence-corrected chi connectivity index (χ2v) is 6.38. The molecule has 0 bridgehead atoms. The van der Waals surface area contributed by atoms with E-state index in [2.05, 4.69) is 10.3 Å². The Kier molecular flexibility index (Phi) is 6.05. The van der Waals surface area contributed by atoms with E-state index in [0.717, 1.165) is 6.07 Å². The van der Waals surface area contributed by atoms with Crippen LogP contribution < -0.4 is 10.1 Å². The highest BCUT2D eigenvalue weighted by Gasteiger charge is 2.24. The van der Waals surface area contributed by atoms with E-state index in [4.69, 9.17) is 21.6 Å². The molecule has 0 unspecified atom stereocenters. The molecule has 1 atom stereocenters. The number of nitrogens with one attached hydrogen (secondary N) is 1. The predicted molar refractivity (Wildman–Crippen MR) is 103 cm³/mol. The first-order valence-corrected chi connectivity index (χ1v) is 8.76. The lowest BCUT2D eigenvalue weighted by atomic mass is 10.0. The molecule has 1 amide bonds. The van der Waals surface area contributed by atoms with Crippen molar-refractivity contribution in [3.05, 3.63) is 93.8 Å². The van der Waals surface area contributed by atoms with E-state index < -0.39 is 23.6 Å². The molecule has 0 saturated carbocycles. The van der Waals surface area contributed by atoms with Gasteiger partial charge in [0.15, 0.2) is 0 Å². The molecule has 3 aromatic rings. The quantitative estimate of drug-likeness (QED) is 0.672. The lowest BCUT2D eigenvalue weighted by molar-refractivity contribution is 0.0941. The van der Waals surface area contributed by atoms with Crippen LogP contribution in [0.15, 0.2) is 54.7 Å². The van der Waals surface area contributed by atoms with Gasteiger partial charge in [-0.15, -0.1) is 0 Å². The number of hydrogen-bond donors (Lipinski definition) is 1. The van der Waals surface area contributed by atoms with Crippen molar-refractivity contribution in [3.63, 3.8) is 0 Å². The van der Waals surface area contributed by atoms with Crippen LogP contribution >= 0.6 is 11.6 Å². The number of pyridine rings is 1. The van der Waals surface area contributed by atoms with Crippen LogP contribution in [0.5, 0.6) is 5.75 Å². The number of carbonyl (C=O) groups excluding carboxylic acids is 1. The topological polar surface area (TPSA) is 75.0 Å². The zero-order valence-electron chi connectivity index (χ0n) is 15.1. The lowest BCUT2D eigenvalue weighted by Crippen LogP contribution is -2.30. The monoisotopic (exact) mass is 413 g/mol. The average molecular weight is 414 g/mol. The number of benzene rings is 2. The van der Waals surface area contributed by atoms with E-state index in [-0.39, 0.29) is 16.1 Å². The number of aromatic nitrogens is 1. The first kappa shape index (κ1) is 20.2. The van der Waals surface area contributed by atoms with Crippen molar-refractivity contribution in [3.8, 4) is 11.8 Å². The molecular weight excluding hydrogens is 400 g/mol. The molecule has 0 spiro atoms. The highest BCUT2D eigenvalue weighted by molar-refractivity contribution is 6.30. The highest BCUT2D eigenvalue weighted by Crippen LogP contribution is 2.30. The van der Waals surface area contributed by atoms with Crippen molar-refractivity contribution >= 4 is 17.5 Å². The van der Waals surface area contributed by atoms with Crippen LogP contribution in [-0.4, -0.2) is 18.0 Å². The summed E-state index contributed by atoms with van der Waals surface area (Å²) in [6.45, 7) is 0. The summed E-state index contributed by atoms with van der Waals surface area (Å²) in [6, 6.07) is 11.7. The second kappa shape index (κ2) is 8.67. The van der Waals surface area contributed by atoms with Gasteiger partial charge in [-0.05, 0) is 48.0 Å². The van der Waals surface area contributed by atoms with Gasteiger partial charge >= 0.3 is 0 Å². The average Bonchev–Trinajstić information content (AvgIpc) is 2.73. The maximum absolute atomic E-state index is 14.1. The first-order valence-electron chi connectivity index (χ1n) is 8.39. The molecule has 3 rings (SSSR count). The number of methoxy groups -OCH3 is 1. The summed E-state index contributed by atoms with van der Waals surface area (Å²) >= 11 is 5.77. The molecule has 2 aromatic carbocycles. The molecule has 0 aliphatic carbocycles. The minimum atomic E-state index is -0.899. The first-order chi connectivity index (χ1) is 13.9. The minimum absolute atomic E-state index is 0.00386. The predicted octanol–water partition coefficient (Wildman–Crippen LogP) is 4.41. The van der Waals surface area contributed by atoms with Gasteiger partial charge in [-0.1, -0.05) is 17.7 Å². The van der Waals surface area contributed by atoms with Crippen molar-refractivity contribution in [1.82, 2.24) is 10.3 Å². The molecule has 146 valence electrons. The van der Waals surface area contributed by atoms with Crippen LogP contribution in [0.4, 0.5) is 8.78 Å². The molecule has 1 aromatic heterocycles. The molecule has 1 heterocycles. The maximum Gasteiger partial charge on any atom is 0.252 e. The Balaban J connectivity index is 2.03. The number of ether oxygens (including phenoxy) is 1. The van der Waals surface area contributed by atoms with E-state index in [0.29, 0.717) is 17.0 Å². The normalized spacial score (nSPS) is 11.4. The molecule has 0 saturated heterocycles. The second-order valence-electron chi connectivity index (χ2n) is 5.98. The number of nitriles is 1. The fraction of sp³-hybridized carbons (Fsp3) is 0.0952. The summed E-state index contributed by atoms with van der Waals surface area (Å²) in [4.78, 5) is 17.0. The number of amides is 1. The molecule has 0 fully saturated rings. The Hall–Kier alpha value is -3.50. The summed E-state index contributed by atoms with van der Waals surface area (Å²) in [5.74, 6) is -1.74. The van der Waals surface area contributed by atoms with E-state index in [1.165, 1.54) is 37.6 Å². The Labute approximate surface area is 170 Å². The summed E-state index contributed by atoms with van der Waals surface area (Å²) in [5.41, 5.74) is 0.519. The fourth-order valence-electron chi connectivity index (χ4n) is 2.76. The van der Waals surface area contributed by atoms with Gasteiger partial charge in [-0.25, -0.2) is 8.78 Å². The van der Waals surface area contributed by atoms with Crippen molar-refractivity contribution < 1.29 is 18.3 Å². The minimum Gasteiger partial charge on any atom is -0.495 e. The number of hydrogen-bond acceptors (Lipinski definition) is 4. The van der Waals surface area contributed by atoms with Crippen LogP contribution in [0.2, 0.25) is 5.02 Å². The summed E-state index contributed by atoms with van der Waals surface area (Å²) in [5, 5.41) is 11.5.